The minimum atomic E-state index is -0.147. The van der Waals surface area contributed by atoms with E-state index in [2.05, 4.69) is 5.32 Å². The van der Waals surface area contributed by atoms with Gasteiger partial charge in [0.2, 0.25) is 0 Å². The fourth-order valence-electron chi connectivity index (χ4n) is 1.04. The van der Waals surface area contributed by atoms with E-state index < -0.39 is 0 Å². The zero-order chi connectivity index (χ0) is 10.9. The molecule has 5 nitrogen and oxygen atoms in total. The predicted molar refractivity (Wildman–Crippen MR) is 53.6 cm³/mol. The second-order valence-electron chi connectivity index (χ2n) is 2.96. The van der Waals surface area contributed by atoms with Gasteiger partial charge in [-0.15, -0.1) is 0 Å². The molecule has 1 heterocycles. The van der Waals surface area contributed by atoms with Crippen LogP contribution >= 0.6 is 0 Å². The summed E-state index contributed by atoms with van der Waals surface area (Å²) in [7, 11) is 0. The number of aliphatic hydroxyl groups excluding tert-OH is 1. The van der Waals surface area contributed by atoms with Crippen LogP contribution in [0.4, 0.5) is 0 Å². The second-order valence-corrected chi connectivity index (χ2v) is 2.96. The first-order valence-electron chi connectivity index (χ1n) is 4.83. The highest BCUT2D eigenvalue weighted by Crippen LogP contribution is 1.98. The minimum absolute atomic E-state index is 0.0291. The molecule has 0 aromatic carbocycles. The van der Waals surface area contributed by atoms with Gasteiger partial charge in [-0.1, -0.05) is 0 Å². The van der Waals surface area contributed by atoms with Gasteiger partial charge in [0.05, 0.1) is 25.0 Å². The monoisotopic (exact) mass is 213 g/mol. The summed E-state index contributed by atoms with van der Waals surface area (Å²) in [4.78, 5) is 11.3. The lowest BCUT2D eigenvalue weighted by molar-refractivity contribution is 0.0867. The fraction of sp³-hybridized carbons (Fsp3) is 0.500. The van der Waals surface area contributed by atoms with Gasteiger partial charge in [-0.2, -0.15) is 0 Å². The van der Waals surface area contributed by atoms with Gasteiger partial charge in [-0.05, 0) is 12.5 Å². The smallest absolute Gasteiger partial charge is 0.254 e. The van der Waals surface area contributed by atoms with Crippen LogP contribution < -0.4 is 5.32 Å². The number of hydrogen-bond acceptors (Lipinski definition) is 4. The van der Waals surface area contributed by atoms with Crippen molar-refractivity contribution in [1.82, 2.24) is 5.32 Å². The molecule has 1 amide bonds. The average Bonchev–Trinajstić information content (AvgIpc) is 2.76. The topological polar surface area (TPSA) is 71.7 Å². The first-order valence-corrected chi connectivity index (χ1v) is 4.83. The van der Waals surface area contributed by atoms with Gasteiger partial charge in [0.1, 0.15) is 6.26 Å². The standard InChI is InChI=1S/C10H15NO4/c12-4-7-14-5-1-3-11-10(13)9-2-6-15-8-9/h2,6,8,12H,1,3-5,7H2,(H,11,13). The van der Waals surface area contributed by atoms with E-state index in [0.29, 0.717) is 25.3 Å². The fourth-order valence-corrected chi connectivity index (χ4v) is 1.04. The molecule has 0 aliphatic carbocycles. The molecule has 1 rings (SSSR count). The molecular weight excluding hydrogens is 198 g/mol. The first-order chi connectivity index (χ1) is 7.34. The second kappa shape index (κ2) is 7.03. The molecule has 0 unspecified atom stereocenters. The molecule has 2 N–H and O–H groups in total. The van der Waals surface area contributed by atoms with Crippen LogP contribution in [0.15, 0.2) is 23.0 Å². The molecule has 0 saturated carbocycles. The summed E-state index contributed by atoms with van der Waals surface area (Å²) in [5.41, 5.74) is 0.520. The van der Waals surface area contributed by atoms with Gasteiger partial charge in [-0.3, -0.25) is 4.79 Å². The average molecular weight is 213 g/mol. The molecule has 0 radical (unpaired) electrons. The molecule has 15 heavy (non-hydrogen) atoms. The minimum Gasteiger partial charge on any atom is -0.472 e. The Bertz CT molecular complexity index is 271. The van der Waals surface area contributed by atoms with Crippen LogP contribution in [-0.2, 0) is 4.74 Å². The molecular formula is C10H15NO4. The molecule has 1 aromatic rings. The van der Waals surface area contributed by atoms with Gasteiger partial charge in [0, 0.05) is 13.2 Å². The van der Waals surface area contributed by atoms with E-state index in [1.807, 2.05) is 0 Å². The van der Waals surface area contributed by atoms with Gasteiger partial charge in [0.15, 0.2) is 0 Å². The van der Waals surface area contributed by atoms with E-state index in [-0.39, 0.29) is 12.5 Å². The summed E-state index contributed by atoms with van der Waals surface area (Å²) in [6, 6.07) is 1.61. The van der Waals surface area contributed by atoms with Gasteiger partial charge >= 0.3 is 0 Å². The van der Waals surface area contributed by atoms with E-state index in [1.165, 1.54) is 12.5 Å². The Morgan fingerprint density at radius 3 is 3.07 bits per heavy atom. The number of carbonyl (C=O) groups excluding carboxylic acids is 1. The Hall–Kier alpha value is -1.33. The number of furan rings is 1. The lowest BCUT2D eigenvalue weighted by Crippen LogP contribution is -2.24. The van der Waals surface area contributed by atoms with Crippen molar-refractivity contribution in [2.45, 2.75) is 6.42 Å². The molecule has 0 aliphatic rings. The SMILES string of the molecule is O=C(NCCCOCCO)c1ccoc1. The molecule has 0 atom stereocenters. The number of aliphatic hydroxyl groups is 1. The summed E-state index contributed by atoms with van der Waals surface area (Å²) in [6.45, 7) is 1.46. The van der Waals surface area contributed by atoms with E-state index in [4.69, 9.17) is 14.3 Å². The van der Waals surface area contributed by atoms with Crippen LogP contribution in [0.3, 0.4) is 0 Å². The van der Waals surface area contributed by atoms with E-state index in [1.54, 1.807) is 6.07 Å². The Balaban J connectivity index is 2.03. The van der Waals surface area contributed by atoms with Crippen LogP contribution in [-0.4, -0.2) is 37.4 Å². The Kier molecular flexibility index (Phi) is 5.50. The molecule has 0 aliphatic heterocycles. The summed E-state index contributed by atoms with van der Waals surface area (Å²) in [5, 5.41) is 11.2. The maximum atomic E-state index is 11.3. The van der Waals surface area contributed by atoms with Gasteiger partial charge in [-0.25, -0.2) is 0 Å². The number of rotatable bonds is 7. The van der Waals surface area contributed by atoms with Crippen molar-refractivity contribution in [1.29, 1.82) is 0 Å². The predicted octanol–water partition coefficient (Wildman–Crippen LogP) is 0.408. The highest BCUT2D eigenvalue weighted by molar-refractivity contribution is 5.93. The Morgan fingerprint density at radius 1 is 1.53 bits per heavy atom. The van der Waals surface area contributed by atoms with Gasteiger partial charge in [0.25, 0.3) is 5.91 Å². The van der Waals surface area contributed by atoms with Crippen molar-refractivity contribution in [3.63, 3.8) is 0 Å². The Labute approximate surface area is 88.0 Å². The first kappa shape index (κ1) is 11.7. The van der Waals surface area contributed by atoms with Crippen molar-refractivity contribution < 1.29 is 19.1 Å². The van der Waals surface area contributed by atoms with Gasteiger partial charge < -0.3 is 19.6 Å². The normalized spacial score (nSPS) is 10.2. The van der Waals surface area contributed by atoms with Crippen LogP contribution in [0.5, 0.6) is 0 Å². The third-order valence-corrected chi connectivity index (χ3v) is 1.77. The van der Waals surface area contributed by atoms with Crippen molar-refractivity contribution in [2.75, 3.05) is 26.4 Å². The Morgan fingerprint density at radius 2 is 2.40 bits per heavy atom. The zero-order valence-electron chi connectivity index (χ0n) is 8.44. The number of carbonyl (C=O) groups is 1. The summed E-state index contributed by atoms with van der Waals surface area (Å²) < 4.78 is 9.82. The number of nitrogens with one attached hydrogen (secondary N) is 1. The lowest BCUT2D eigenvalue weighted by Gasteiger charge is -2.03. The number of amides is 1. The van der Waals surface area contributed by atoms with E-state index in [9.17, 15) is 4.79 Å². The number of hydrogen-bond donors (Lipinski definition) is 2. The quantitative estimate of drug-likeness (QED) is 0.643. The highest BCUT2D eigenvalue weighted by atomic mass is 16.5. The van der Waals surface area contributed by atoms with Crippen molar-refractivity contribution in [2.24, 2.45) is 0 Å². The molecule has 0 spiro atoms. The summed E-state index contributed by atoms with van der Waals surface area (Å²) in [6.07, 6.45) is 3.58. The van der Waals surface area contributed by atoms with Crippen molar-refractivity contribution >= 4 is 5.91 Å². The largest absolute Gasteiger partial charge is 0.472 e. The molecule has 1 aromatic heterocycles. The third kappa shape index (κ3) is 4.62. The maximum Gasteiger partial charge on any atom is 0.254 e. The zero-order valence-corrected chi connectivity index (χ0v) is 8.44. The number of ether oxygens (including phenoxy) is 1. The van der Waals surface area contributed by atoms with E-state index >= 15 is 0 Å². The highest BCUT2D eigenvalue weighted by Gasteiger charge is 2.04. The molecule has 0 bridgehead atoms. The molecule has 84 valence electrons. The van der Waals surface area contributed by atoms with Crippen LogP contribution in [0.2, 0.25) is 0 Å². The van der Waals surface area contributed by atoms with E-state index in [0.717, 1.165) is 6.42 Å². The molecule has 0 saturated heterocycles. The van der Waals surface area contributed by atoms with Crippen LogP contribution in [0, 0.1) is 0 Å². The summed E-state index contributed by atoms with van der Waals surface area (Å²) >= 11 is 0. The van der Waals surface area contributed by atoms with Crippen molar-refractivity contribution in [3.8, 4) is 0 Å². The maximum absolute atomic E-state index is 11.3. The molecule has 5 heteroatoms. The molecule has 0 fully saturated rings. The third-order valence-electron chi connectivity index (χ3n) is 1.77. The lowest BCUT2D eigenvalue weighted by atomic mass is 10.3. The summed E-state index contributed by atoms with van der Waals surface area (Å²) in [5.74, 6) is -0.147. The van der Waals surface area contributed by atoms with Crippen LogP contribution in [0.25, 0.3) is 0 Å². The van der Waals surface area contributed by atoms with Crippen LogP contribution in [0.1, 0.15) is 16.8 Å². The van der Waals surface area contributed by atoms with Crippen molar-refractivity contribution in [3.05, 3.63) is 24.2 Å².